The fraction of sp³-hybridized carbons (Fsp3) is 0.846. The molecule has 0 aliphatic heterocycles. The minimum Gasteiger partial charge on any atom is -0.480 e. The molecule has 19 heavy (non-hydrogen) atoms. The predicted molar refractivity (Wildman–Crippen MR) is 68.9 cm³/mol. The lowest BCUT2D eigenvalue weighted by Gasteiger charge is -2.27. The van der Waals surface area contributed by atoms with Crippen LogP contribution >= 0.6 is 0 Å². The monoisotopic (exact) mass is 273 g/mol. The van der Waals surface area contributed by atoms with Crippen molar-refractivity contribution in [3.05, 3.63) is 0 Å². The van der Waals surface area contributed by atoms with E-state index >= 15 is 0 Å². The third-order valence-electron chi connectivity index (χ3n) is 3.58. The van der Waals surface area contributed by atoms with Gasteiger partial charge in [-0.05, 0) is 19.3 Å². The van der Waals surface area contributed by atoms with E-state index in [4.69, 9.17) is 14.6 Å². The number of aliphatic carboxylic acids is 1. The summed E-state index contributed by atoms with van der Waals surface area (Å²) in [4.78, 5) is 22.5. The average Bonchev–Trinajstić information content (AvgIpc) is 2.85. The molecule has 2 N–H and O–H groups in total. The minimum absolute atomic E-state index is 0.0426. The Bertz CT molecular complexity index is 299. The first-order chi connectivity index (χ1) is 9.10. The number of nitrogens with one attached hydrogen (secondary N) is 1. The van der Waals surface area contributed by atoms with Crippen LogP contribution < -0.4 is 5.32 Å². The van der Waals surface area contributed by atoms with Gasteiger partial charge >= 0.3 is 5.97 Å². The van der Waals surface area contributed by atoms with Gasteiger partial charge in [0.25, 0.3) is 0 Å². The molecule has 1 aliphatic rings. The molecule has 1 fully saturated rings. The second kappa shape index (κ2) is 8.12. The summed E-state index contributed by atoms with van der Waals surface area (Å²) in [6, 6.07) is 0. The van der Waals surface area contributed by atoms with E-state index in [-0.39, 0.29) is 24.5 Å². The average molecular weight is 273 g/mol. The molecule has 110 valence electrons. The van der Waals surface area contributed by atoms with E-state index in [0.29, 0.717) is 13.2 Å². The maximum atomic E-state index is 12.2. The largest absolute Gasteiger partial charge is 0.480 e. The molecule has 0 unspecified atom stereocenters. The third kappa shape index (κ3) is 5.16. The normalized spacial score (nSPS) is 17.3. The van der Waals surface area contributed by atoms with Gasteiger partial charge < -0.3 is 19.9 Å². The Morgan fingerprint density at radius 1 is 1.26 bits per heavy atom. The molecule has 0 radical (unpaired) electrons. The van der Waals surface area contributed by atoms with Gasteiger partial charge in [-0.15, -0.1) is 0 Å². The molecule has 0 heterocycles. The molecule has 1 rings (SSSR count). The van der Waals surface area contributed by atoms with E-state index in [2.05, 4.69) is 5.32 Å². The summed E-state index contributed by atoms with van der Waals surface area (Å²) in [5.74, 6) is -0.959. The summed E-state index contributed by atoms with van der Waals surface area (Å²) in [5.41, 5.74) is -0.303. The Morgan fingerprint density at radius 3 is 2.53 bits per heavy atom. The molecule has 0 saturated heterocycles. The number of hydrogen-bond acceptors (Lipinski definition) is 4. The summed E-state index contributed by atoms with van der Waals surface area (Å²) < 4.78 is 9.96. The number of carbonyl (C=O) groups is 2. The highest BCUT2D eigenvalue weighted by molar-refractivity contribution is 5.82. The Kier molecular flexibility index (Phi) is 6.80. The van der Waals surface area contributed by atoms with E-state index in [0.717, 1.165) is 32.1 Å². The molecule has 0 spiro atoms. The van der Waals surface area contributed by atoms with E-state index in [1.54, 1.807) is 7.11 Å². The van der Waals surface area contributed by atoms with E-state index in [9.17, 15) is 9.59 Å². The highest BCUT2D eigenvalue weighted by Crippen LogP contribution is 2.41. The number of carboxylic acids is 1. The first-order valence-corrected chi connectivity index (χ1v) is 6.67. The molecule has 1 aliphatic carbocycles. The number of carbonyl (C=O) groups excluding carboxylic acids is 1. The first-order valence-electron chi connectivity index (χ1n) is 6.67. The van der Waals surface area contributed by atoms with Crippen molar-refractivity contribution < 1.29 is 24.2 Å². The number of amides is 1. The van der Waals surface area contributed by atoms with Crippen LogP contribution in [-0.4, -0.2) is 50.5 Å². The Hall–Kier alpha value is -1.14. The molecule has 1 saturated carbocycles. The van der Waals surface area contributed by atoms with Crippen molar-refractivity contribution in [2.75, 3.05) is 33.5 Å². The van der Waals surface area contributed by atoms with Crippen LogP contribution in [0.2, 0.25) is 0 Å². The Morgan fingerprint density at radius 2 is 1.95 bits per heavy atom. The molecule has 1 amide bonds. The van der Waals surface area contributed by atoms with Gasteiger partial charge in [0.2, 0.25) is 5.91 Å². The van der Waals surface area contributed by atoms with Crippen LogP contribution in [0.4, 0.5) is 0 Å². The highest BCUT2D eigenvalue weighted by Gasteiger charge is 2.40. The number of hydrogen-bond donors (Lipinski definition) is 2. The van der Waals surface area contributed by atoms with Gasteiger partial charge in [-0.1, -0.05) is 12.8 Å². The van der Waals surface area contributed by atoms with Crippen LogP contribution in [0.3, 0.4) is 0 Å². The molecule has 0 aromatic rings. The van der Waals surface area contributed by atoms with Gasteiger partial charge in [0.15, 0.2) is 0 Å². The lowest BCUT2D eigenvalue weighted by molar-refractivity contribution is -0.142. The van der Waals surface area contributed by atoms with E-state index in [1.807, 2.05) is 0 Å². The van der Waals surface area contributed by atoms with Gasteiger partial charge in [0.05, 0.1) is 12.0 Å². The maximum absolute atomic E-state index is 12.2. The molecule has 6 nitrogen and oxygen atoms in total. The SMILES string of the molecule is COCCC1(C(=O)NCCOCC(=O)O)CCCC1. The minimum atomic E-state index is -1.00. The fourth-order valence-corrected chi connectivity index (χ4v) is 2.52. The molecular formula is C13H23NO5. The van der Waals surface area contributed by atoms with Crippen molar-refractivity contribution in [1.29, 1.82) is 0 Å². The van der Waals surface area contributed by atoms with Crippen LogP contribution in [-0.2, 0) is 19.1 Å². The topological polar surface area (TPSA) is 84.9 Å². The lowest BCUT2D eigenvalue weighted by Crippen LogP contribution is -2.41. The Balaban J connectivity index is 2.30. The summed E-state index contributed by atoms with van der Waals surface area (Å²) >= 11 is 0. The van der Waals surface area contributed by atoms with Crippen LogP contribution in [0.15, 0.2) is 0 Å². The zero-order valence-electron chi connectivity index (χ0n) is 11.4. The molecule has 6 heteroatoms. The number of methoxy groups -OCH3 is 1. The fourth-order valence-electron chi connectivity index (χ4n) is 2.52. The van der Waals surface area contributed by atoms with E-state index < -0.39 is 5.97 Å². The molecule has 0 aromatic carbocycles. The second-order valence-corrected chi connectivity index (χ2v) is 4.93. The smallest absolute Gasteiger partial charge is 0.329 e. The van der Waals surface area contributed by atoms with Crippen LogP contribution in [0.25, 0.3) is 0 Å². The van der Waals surface area contributed by atoms with Crippen LogP contribution in [0, 0.1) is 5.41 Å². The van der Waals surface area contributed by atoms with E-state index in [1.165, 1.54) is 0 Å². The van der Waals surface area contributed by atoms with Crippen LogP contribution in [0.5, 0.6) is 0 Å². The van der Waals surface area contributed by atoms with Gasteiger partial charge in [-0.25, -0.2) is 4.79 Å². The third-order valence-corrected chi connectivity index (χ3v) is 3.58. The summed E-state index contributed by atoms with van der Waals surface area (Å²) in [5, 5.41) is 11.2. The molecule has 0 atom stereocenters. The number of ether oxygens (including phenoxy) is 2. The quantitative estimate of drug-likeness (QED) is 0.607. The van der Waals surface area contributed by atoms with Gasteiger partial charge in [-0.3, -0.25) is 4.79 Å². The van der Waals surface area contributed by atoms with Crippen molar-refractivity contribution in [1.82, 2.24) is 5.32 Å². The molecule has 0 bridgehead atoms. The van der Waals surface area contributed by atoms with Gasteiger partial charge in [0.1, 0.15) is 6.61 Å². The summed E-state index contributed by atoms with van der Waals surface area (Å²) in [6.45, 7) is 0.826. The molecule has 0 aromatic heterocycles. The standard InChI is InChI=1S/C13H23NO5/c1-18-8-6-13(4-2-3-5-13)12(17)14-7-9-19-10-11(15)16/h2-10H2,1H3,(H,14,17)(H,15,16). The van der Waals surface area contributed by atoms with Gasteiger partial charge in [0, 0.05) is 20.3 Å². The second-order valence-electron chi connectivity index (χ2n) is 4.93. The highest BCUT2D eigenvalue weighted by atomic mass is 16.5. The zero-order chi connectivity index (χ0) is 14.1. The number of carboxylic acid groups (broad SMARTS) is 1. The zero-order valence-corrected chi connectivity index (χ0v) is 11.4. The molecular weight excluding hydrogens is 250 g/mol. The maximum Gasteiger partial charge on any atom is 0.329 e. The van der Waals surface area contributed by atoms with Crippen molar-refractivity contribution in [3.63, 3.8) is 0 Å². The van der Waals surface area contributed by atoms with Crippen molar-refractivity contribution in [2.24, 2.45) is 5.41 Å². The summed E-state index contributed by atoms with van der Waals surface area (Å²) in [7, 11) is 1.64. The summed E-state index contributed by atoms with van der Waals surface area (Å²) in [6.07, 6.45) is 4.70. The van der Waals surface area contributed by atoms with Crippen LogP contribution in [0.1, 0.15) is 32.1 Å². The van der Waals surface area contributed by atoms with Crippen molar-refractivity contribution >= 4 is 11.9 Å². The van der Waals surface area contributed by atoms with Gasteiger partial charge in [-0.2, -0.15) is 0 Å². The predicted octanol–water partition coefficient (Wildman–Crippen LogP) is 0.801. The Labute approximate surface area is 113 Å². The lowest BCUT2D eigenvalue weighted by atomic mass is 9.82. The first kappa shape index (κ1) is 15.9. The van der Waals surface area contributed by atoms with Crippen molar-refractivity contribution in [3.8, 4) is 0 Å². The van der Waals surface area contributed by atoms with Crippen molar-refractivity contribution in [2.45, 2.75) is 32.1 Å². The number of rotatable bonds is 9.